The molecule has 0 aliphatic carbocycles. The largest absolute Gasteiger partial charge is 0.367 e. The molecule has 3 heterocycles. The van der Waals surface area contributed by atoms with Crippen molar-refractivity contribution in [2.75, 3.05) is 36.0 Å². The van der Waals surface area contributed by atoms with E-state index in [1.165, 1.54) is 16.8 Å². The summed E-state index contributed by atoms with van der Waals surface area (Å²) in [5.41, 5.74) is 1.72. The summed E-state index contributed by atoms with van der Waals surface area (Å²) in [4.78, 5) is 40.5. The first-order chi connectivity index (χ1) is 15.4. The van der Waals surface area contributed by atoms with E-state index in [1.807, 2.05) is 30.0 Å². The average molecular weight is 461 g/mol. The summed E-state index contributed by atoms with van der Waals surface area (Å²) >= 11 is 6.71. The van der Waals surface area contributed by atoms with E-state index in [4.69, 9.17) is 11.6 Å². The number of pyridine rings is 1. The van der Waals surface area contributed by atoms with Crippen LogP contribution in [0.4, 0.5) is 15.8 Å². The number of hydrogen-bond acceptors (Lipinski definition) is 5. The van der Waals surface area contributed by atoms with E-state index >= 15 is 0 Å². The van der Waals surface area contributed by atoms with Gasteiger partial charge in [-0.25, -0.2) is 4.39 Å². The molecule has 1 aromatic heterocycles. The molecule has 0 radical (unpaired) electrons. The molecule has 0 spiro atoms. The van der Waals surface area contributed by atoms with E-state index in [0.29, 0.717) is 61.8 Å². The second kappa shape index (κ2) is 9.32. The minimum atomic E-state index is -0.453. The van der Waals surface area contributed by atoms with E-state index < -0.39 is 11.7 Å². The topological polar surface area (TPSA) is 74.7 Å². The van der Waals surface area contributed by atoms with Crippen molar-refractivity contribution in [2.45, 2.75) is 38.6 Å². The predicted molar refractivity (Wildman–Crippen MR) is 122 cm³/mol. The van der Waals surface area contributed by atoms with Gasteiger partial charge in [-0.3, -0.25) is 19.7 Å². The molecular weight excluding hydrogens is 435 g/mol. The SMILES string of the molecule is CCCn1cc(F)cc(N2CCN(c3cccc(C4CCC(=O)NC4=O)c3Cl)CC2)c1=O. The van der Waals surface area contributed by atoms with Crippen molar-refractivity contribution < 1.29 is 14.0 Å². The zero-order valence-corrected chi connectivity index (χ0v) is 18.7. The van der Waals surface area contributed by atoms with Crippen LogP contribution in [0.2, 0.25) is 5.02 Å². The number of amides is 2. The number of imide groups is 1. The van der Waals surface area contributed by atoms with Gasteiger partial charge in [-0.05, 0) is 24.5 Å². The van der Waals surface area contributed by atoms with Crippen LogP contribution in [0.15, 0.2) is 35.3 Å². The molecule has 2 aromatic rings. The van der Waals surface area contributed by atoms with Gasteiger partial charge < -0.3 is 14.4 Å². The lowest BCUT2D eigenvalue weighted by atomic mass is 9.90. The maximum Gasteiger partial charge on any atom is 0.274 e. The van der Waals surface area contributed by atoms with Gasteiger partial charge in [-0.1, -0.05) is 30.7 Å². The molecule has 0 saturated carbocycles. The van der Waals surface area contributed by atoms with Crippen LogP contribution in [0.1, 0.15) is 37.7 Å². The number of nitrogens with zero attached hydrogens (tertiary/aromatic N) is 3. The van der Waals surface area contributed by atoms with Crippen molar-refractivity contribution in [1.82, 2.24) is 9.88 Å². The lowest BCUT2D eigenvalue weighted by Gasteiger charge is -2.38. The Labute approximate surface area is 190 Å². The number of aromatic nitrogens is 1. The van der Waals surface area contributed by atoms with E-state index in [9.17, 15) is 18.8 Å². The number of piperazine rings is 1. The molecular formula is C23H26ClFN4O3. The van der Waals surface area contributed by atoms with E-state index in [-0.39, 0.29) is 17.4 Å². The summed E-state index contributed by atoms with van der Waals surface area (Å²) in [6, 6.07) is 6.90. The minimum Gasteiger partial charge on any atom is -0.367 e. The van der Waals surface area contributed by atoms with Gasteiger partial charge in [0.05, 0.1) is 16.6 Å². The Morgan fingerprint density at radius 2 is 1.78 bits per heavy atom. The van der Waals surface area contributed by atoms with Crippen LogP contribution in [0, 0.1) is 5.82 Å². The Bertz CT molecular complexity index is 1100. The molecule has 4 rings (SSSR count). The molecule has 2 aliphatic heterocycles. The monoisotopic (exact) mass is 460 g/mol. The number of carbonyl (C=O) groups excluding carboxylic acids is 2. The Kier molecular flexibility index (Phi) is 6.50. The molecule has 1 aromatic carbocycles. The molecule has 0 bridgehead atoms. The van der Waals surface area contributed by atoms with Crippen LogP contribution < -0.4 is 20.7 Å². The first-order valence-corrected chi connectivity index (χ1v) is 11.3. The van der Waals surface area contributed by atoms with Gasteiger partial charge >= 0.3 is 0 Å². The Morgan fingerprint density at radius 1 is 1.09 bits per heavy atom. The third kappa shape index (κ3) is 4.37. The van der Waals surface area contributed by atoms with Crippen molar-refractivity contribution in [3.63, 3.8) is 0 Å². The zero-order chi connectivity index (χ0) is 22.8. The summed E-state index contributed by atoms with van der Waals surface area (Å²) < 4.78 is 15.5. The number of anilines is 2. The maximum absolute atomic E-state index is 14.1. The standard InChI is InChI=1S/C23H26ClFN4O3/c1-2-8-29-14-15(25)13-19(23(29)32)28-11-9-27(10-12-28)18-5-3-4-16(21(18)24)17-6-7-20(30)26-22(17)31/h3-5,13-14,17H,2,6-12H2,1H3,(H,26,30,31). The second-order valence-corrected chi connectivity index (χ2v) is 8.58. The van der Waals surface area contributed by atoms with Gasteiger partial charge in [0.15, 0.2) is 0 Å². The van der Waals surface area contributed by atoms with Gasteiger partial charge in [0, 0.05) is 51.4 Å². The highest BCUT2D eigenvalue weighted by atomic mass is 35.5. The summed E-state index contributed by atoms with van der Waals surface area (Å²) in [7, 11) is 0. The van der Waals surface area contributed by atoms with Crippen LogP contribution in [0.5, 0.6) is 0 Å². The van der Waals surface area contributed by atoms with Gasteiger partial charge in [0.2, 0.25) is 11.8 Å². The predicted octanol–water partition coefficient (Wildman–Crippen LogP) is 2.90. The lowest BCUT2D eigenvalue weighted by molar-refractivity contribution is -0.134. The molecule has 1 atom stereocenters. The molecule has 1 unspecified atom stereocenters. The first kappa shape index (κ1) is 22.3. The molecule has 170 valence electrons. The van der Waals surface area contributed by atoms with Crippen LogP contribution >= 0.6 is 11.6 Å². The molecule has 1 N–H and O–H groups in total. The van der Waals surface area contributed by atoms with Crippen molar-refractivity contribution in [3.8, 4) is 0 Å². The smallest absolute Gasteiger partial charge is 0.274 e. The highest BCUT2D eigenvalue weighted by molar-refractivity contribution is 6.34. The zero-order valence-electron chi connectivity index (χ0n) is 17.9. The number of benzene rings is 1. The summed E-state index contributed by atoms with van der Waals surface area (Å²) in [6.07, 6.45) is 2.73. The Balaban J connectivity index is 1.52. The number of piperidine rings is 1. The minimum absolute atomic E-state index is 0.181. The Morgan fingerprint density at radius 3 is 2.44 bits per heavy atom. The summed E-state index contributed by atoms with van der Waals surface area (Å²) in [5.74, 6) is -1.45. The summed E-state index contributed by atoms with van der Waals surface area (Å²) in [5, 5.41) is 2.89. The van der Waals surface area contributed by atoms with Crippen LogP contribution in [-0.4, -0.2) is 42.6 Å². The van der Waals surface area contributed by atoms with Gasteiger partial charge in [0.25, 0.3) is 5.56 Å². The summed E-state index contributed by atoms with van der Waals surface area (Å²) in [6.45, 7) is 4.72. The van der Waals surface area contributed by atoms with Crippen molar-refractivity contribution in [2.24, 2.45) is 0 Å². The maximum atomic E-state index is 14.1. The highest BCUT2D eigenvalue weighted by Gasteiger charge is 2.31. The molecule has 9 heteroatoms. The Hall–Kier alpha value is -2.87. The second-order valence-electron chi connectivity index (χ2n) is 8.20. The fourth-order valence-corrected chi connectivity index (χ4v) is 4.82. The van der Waals surface area contributed by atoms with E-state index in [1.54, 1.807) is 0 Å². The average Bonchev–Trinajstić information content (AvgIpc) is 2.77. The van der Waals surface area contributed by atoms with Gasteiger partial charge in [-0.15, -0.1) is 0 Å². The number of carbonyl (C=O) groups is 2. The van der Waals surface area contributed by atoms with Crippen LogP contribution in [0.3, 0.4) is 0 Å². The van der Waals surface area contributed by atoms with Crippen molar-refractivity contribution in [3.05, 3.63) is 57.2 Å². The quantitative estimate of drug-likeness (QED) is 0.694. The first-order valence-electron chi connectivity index (χ1n) is 10.9. The lowest BCUT2D eigenvalue weighted by Crippen LogP contribution is -2.48. The fourth-order valence-electron chi connectivity index (χ4n) is 4.45. The number of halogens is 2. The third-order valence-electron chi connectivity index (χ3n) is 6.08. The van der Waals surface area contributed by atoms with Crippen LogP contribution in [-0.2, 0) is 16.1 Å². The molecule has 2 fully saturated rings. The normalized spacial score (nSPS) is 19.3. The number of nitrogens with one attached hydrogen (secondary N) is 1. The molecule has 2 saturated heterocycles. The fraction of sp³-hybridized carbons (Fsp3) is 0.435. The number of aryl methyl sites for hydroxylation is 1. The van der Waals surface area contributed by atoms with Crippen molar-refractivity contribution in [1.29, 1.82) is 0 Å². The molecule has 2 amide bonds. The van der Waals surface area contributed by atoms with Gasteiger partial charge in [-0.2, -0.15) is 0 Å². The number of hydrogen-bond donors (Lipinski definition) is 1. The molecule has 2 aliphatic rings. The number of rotatable bonds is 5. The van der Waals surface area contributed by atoms with E-state index in [0.717, 1.165) is 12.1 Å². The molecule has 7 nitrogen and oxygen atoms in total. The van der Waals surface area contributed by atoms with Gasteiger partial charge in [0.1, 0.15) is 11.5 Å². The van der Waals surface area contributed by atoms with E-state index in [2.05, 4.69) is 10.2 Å². The third-order valence-corrected chi connectivity index (χ3v) is 6.49. The highest BCUT2D eigenvalue weighted by Crippen LogP contribution is 2.37. The molecule has 32 heavy (non-hydrogen) atoms. The van der Waals surface area contributed by atoms with Crippen LogP contribution in [0.25, 0.3) is 0 Å². The van der Waals surface area contributed by atoms with Crippen molar-refractivity contribution >= 4 is 34.8 Å².